The van der Waals surface area contributed by atoms with Crippen LogP contribution in [0.4, 0.5) is 4.39 Å². The highest BCUT2D eigenvalue weighted by Gasteiger charge is 2.35. The molecule has 27 heavy (non-hydrogen) atoms. The summed E-state index contributed by atoms with van der Waals surface area (Å²) in [6.45, 7) is 6.53. The summed E-state index contributed by atoms with van der Waals surface area (Å²) in [6.07, 6.45) is 15.4. The van der Waals surface area contributed by atoms with E-state index in [4.69, 9.17) is 5.73 Å². The molecular weight excluding hydrogens is 335 g/mol. The number of hydrogen-bond acceptors (Lipinski definition) is 2. The van der Waals surface area contributed by atoms with Crippen molar-refractivity contribution >= 4 is 0 Å². The molecule has 2 nitrogen and oxygen atoms in total. The SMILES string of the molecule is C=C(CC(N)Cc1ccccc1F)NC1(C2=CCC(C)C=C2)CCCCC1. The van der Waals surface area contributed by atoms with E-state index in [0.29, 0.717) is 24.3 Å². The smallest absolute Gasteiger partial charge is 0.126 e. The molecule has 0 radical (unpaired) electrons. The Hall–Kier alpha value is -1.87. The fourth-order valence-electron chi connectivity index (χ4n) is 4.45. The van der Waals surface area contributed by atoms with Crippen molar-refractivity contribution in [2.45, 2.75) is 69.9 Å². The van der Waals surface area contributed by atoms with Gasteiger partial charge < -0.3 is 11.1 Å². The molecule has 2 aliphatic carbocycles. The first-order valence-corrected chi connectivity index (χ1v) is 10.3. The Balaban J connectivity index is 1.64. The van der Waals surface area contributed by atoms with Gasteiger partial charge in [0, 0.05) is 18.2 Å². The molecule has 0 spiro atoms. The Morgan fingerprint density at radius 2 is 2.04 bits per heavy atom. The third-order valence-electron chi connectivity index (χ3n) is 5.94. The minimum atomic E-state index is -0.179. The van der Waals surface area contributed by atoms with Gasteiger partial charge in [0.25, 0.3) is 0 Å². The molecule has 0 saturated heterocycles. The molecule has 0 heterocycles. The van der Waals surface area contributed by atoms with Crippen molar-refractivity contribution in [1.82, 2.24) is 5.32 Å². The summed E-state index contributed by atoms with van der Waals surface area (Å²) < 4.78 is 13.9. The van der Waals surface area contributed by atoms with Crippen molar-refractivity contribution in [3.63, 3.8) is 0 Å². The second-order valence-electron chi connectivity index (χ2n) is 8.36. The number of rotatable bonds is 7. The Bertz CT molecular complexity index is 713. The van der Waals surface area contributed by atoms with Crippen molar-refractivity contribution < 1.29 is 4.39 Å². The standard InChI is InChI=1S/C24H33FN2/c1-18-10-12-21(13-11-18)24(14-6-3-7-15-24)27-19(2)16-22(26)17-20-8-4-5-9-23(20)25/h4-5,8-10,12-13,18,22,27H,2-3,6-7,11,14-17,26H2,1H3. The molecule has 0 bridgehead atoms. The van der Waals surface area contributed by atoms with E-state index in [0.717, 1.165) is 25.0 Å². The van der Waals surface area contributed by atoms with E-state index in [1.165, 1.54) is 30.9 Å². The molecule has 2 atom stereocenters. The highest BCUT2D eigenvalue weighted by atomic mass is 19.1. The van der Waals surface area contributed by atoms with Crippen molar-refractivity contribution in [1.29, 1.82) is 0 Å². The number of nitrogens with two attached hydrogens (primary N) is 1. The van der Waals surface area contributed by atoms with Crippen LogP contribution < -0.4 is 11.1 Å². The summed E-state index contributed by atoms with van der Waals surface area (Å²) in [7, 11) is 0. The number of nitrogens with one attached hydrogen (secondary N) is 1. The predicted molar refractivity (Wildman–Crippen MR) is 112 cm³/mol. The van der Waals surface area contributed by atoms with Gasteiger partial charge in [-0.2, -0.15) is 0 Å². The largest absolute Gasteiger partial charge is 0.379 e. The topological polar surface area (TPSA) is 38.0 Å². The van der Waals surface area contributed by atoms with Gasteiger partial charge in [-0.1, -0.05) is 69.2 Å². The van der Waals surface area contributed by atoms with Gasteiger partial charge in [0.05, 0.1) is 5.54 Å². The van der Waals surface area contributed by atoms with Gasteiger partial charge in [-0.25, -0.2) is 4.39 Å². The second-order valence-corrected chi connectivity index (χ2v) is 8.36. The lowest BCUT2D eigenvalue weighted by atomic mass is 9.73. The molecule has 3 N–H and O–H groups in total. The average Bonchev–Trinajstić information content (AvgIpc) is 2.64. The van der Waals surface area contributed by atoms with E-state index in [2.05, 4.69) is 37.0 Å². The third kappa shape index (κ3) is 5.10. The van der Waals surface area contributed by atoms with Crippen LogP contribution in [0, 0.1) is 11.7 Å². The highest BCUT2D eigenvalue weighted by Crippen LogP contribution is 2.38. The zero-order valence-electron chi connectivity index (χ0n) is 16.5. The van der Waals surface area contributed by atoms with Gasteiger partial charge in [-0.15, -0.1) is 0 Å². The summed E-state index contributed by atoms with van der Waals surface area (Å²) in [4.78, 5) is 0. The van der Waals surface area contributed by atoms with E-state index < -0.39 is 0 Å². The number of benzene rings is 1. The lowest BCUT2D eigenvalue weighted by Crippen LogP contribution is -2.48. The summed E-state index contributed by atoms with van der Waals surface area (Å²) in [6, 6.07) is 6.74. The number of allylic oxidation sites excluding steroid dienone is 2. The van der Waals surface area contributed by atoms with Crippen molar-refractivity contribution in [3.8, 4) is 0 Å². The Morgan fingerprint density at radius 1 is 1.30 bits per heavy atom. The Labute approximate surface area is 163 Å². The van der Waals surface area contributed by atoms with E-state index >= 15 is 0 Å². The van der Waals surface area contributed by atoms with Crippen molar-refractivity contribution in [3.05, 3.63) is 71.7 Å². The van der Waals surface area contributed by atoms with Gasteiger partial charge in [0.2, 0.25) is 0 Å². The van der Waals surface area contributed by atoms with Gasteiger partial charge in [0.1, 0.15) is 5.82 Å². The summed E-state index contributed by atoms with van der Waals surface area (Å²) in [5, 5.41) is 3.76. The van der Waals surface area contributed by atoms with E-state index in [1.807, 2.05) is 12.1 Å². The lowest BCUT2D eigenvalue weighted by molar-refractivity contribution is 0.293. The molecule has 1 aromatic carbocycles. The maximum atomic E-state index is 13.9. The van der Waals surface area contributed by atoms with Crippen molar-refractivity contribution in [2.75, 3.05) is 0 Å². The fraction of sp³-hybridized carbons (Fsp3) is 0.500. The molecule has 1 fully saturated rings. The fourth-order valence-corrected chi connectivity index (χ4v) is 4.45. The lowest BCUT2D eigenvalue weighted by Gasteiger charge is -2.42. The Morgan fingerprint density at radius 3 is 2.70 bits per heavy atom. The van der Waals surface area contributed by atoms with Crippen LogP contribution in [0.1, 0.15) is 57.4 Å². The molecule has 3 heteroatoms. The Kier molecular flexibility index (Phi) is 6.54. The molecule has 0 amide bonds. The van der Waals surface area contributed by atoms with Crippen LogP contribution in [-0.2, 0) is 6.42 Å². The van der Waals surface area contributed by atoms with E-state index in [9.17, 15) is 4.39 Å². The molecule has 1 saturated carbocycles. The quantitative estimate of drug-likeness (QED) is 0.675. The van der Waals surface area contributed by atoms with Gasteiger partial charge >= 0.3 is 0 Å². The molecule has 146 valence electrons. The monoisotopic (exact) mass is 368 g/mol. The summed E-state index contributed by atoms with van der Waals surface area (Å²) in [5.74, 6) is 0.439. The normalized spacial score (nSPS) is 22.8. The first kappa shape index (κ1) is 19.9. The minimum absolute atomic E-state index is 0.0102. The zero-order valence-corrected chi connectivity index (χ0v) is 16.5. The minimum Gasteiger partial charge on any atom is -0.379 e. The first-order chi connectivity index (χ1) is 13.0. The van der Waals surface area contributed by atoms with Crippen LogP contribution in [0.5, 0.6) is 0 Å². The number of hydrogen-bond donors (Lipinski definition) is 2. The third-order valence-corrected chi connectivity index (χ3v) is 5.94. The summed E-state index contributed by atoms with van der Waals surface area (Å²) >= 11 is 0. The summed E-state index contributed by atoms with van der Waals surface area (Å²) in [5.41, 5.74) is 9.36. The van der Waals surface area contributed by atoms with Gasteiger partial charge in [-0.3, -0.25) is 0 Å². The molecule has 1 aromatic rings. The first-order valence-electron chi connectivity index (χ1n) is 10.3. The van der Waals surface area contributed by atoms with E-state index in [1.54, 1.807) is 6.07 Å². The predicted octanol–water partition coefficient (Wildman–Crippen LogP) is 5.41. The van der Waals surface area contributed by atoms with Crippen LogP contribution in [0.2, 0.25) is 0 Å². The maximum absolute atomic E-state index is 13.9. The second kappa shape index (κ2) is 8.88. The zero-order chi connectivity index (χ0) is 19.3. The number of halogens is 1. The van der Waals surface area contributed by atoms with Crippen LogP contribution in [0.3, 0.4) is 0 Å². The molecule has 3 rings (SSSR count). The molecule has 2 unspecified atom stereocenters. The van der Waals surface area contributed by atoms with E-state index in [-0.39, 0.29) is 17.4 Å². The molecular formula is C24H33FN2. The van der Waals surface area contributed by atoms with Crippen LogP contribution >= 0.6 is 0 Å². The van der Waals surface area contributed by atoms with Crippen molar-refractivity contribution in [2.24, 2.45) is 11.7 Å². The van der Waals surface area contributed by atoms with Crippen LogP contribution in [0.15, 0.2) is 60.3 Å². The molecule has 0 aromatic heterocycles. The molecule has 0 aliphatic heterocycles. The molecule has 2 aliphatic rings. The van der Waals surface area contributed by atoms with Crippen LogP contribution in [0.25, 0.3) is 0 Å². The average molecular weight is 369 g/mol. The highest BCUT2D eigenvalue weighted by molar-refractivity contribution is 5.36. The maximum Gasteiger partial charge on any atom is 0.126 e. The van der Waals surface area contributed by atoms with Gasteiger partial charge in [-0.05, 0) is 48.8 Å². The van der Waals surface area contributed by atoms with Gasteiger partial charge in [0.15, 0.2) is 0 Å². The van der Waals surface area contributed by atoms with Crippen LogP contribution in [-0.4, -0.2) is 11.6 Å².